The van der Waals surface area contributed by atoms with Gasteiger partial charge in [0.15, 0.2) is 5.15 Å². The van der Waals surface area contributed by atoms with Gasteiger partial charge in [-0.05, 0) is 25.3 Å². The first-order valence-electron chi connectivity index (χ1n) is 5.41. The molecule has 1 N–H and O–H groups in total. The lowest BCUT2D eigenvalue weighted by Gasteiger charge is -2.12. The van der Waals surface area contributed by atoms with Crippen LogP contribution in [0.4, 0.5) is 0 Å². The highest BCUT2D eigenvalue weighted by Crippen LogP contribution is 2.33. The van der Waals surface area contributed by atoms with Crippen molar-refractivity contribution in [1.29, 1.82) is 0 Å². The van der Waals surface area contributed by atoms with Gasteiger partial charge < -0.3 is 9.67 Å². The minimum Gasteiger partial charge on any atom is -0.393 e. The number of hydrogen-bond acceptors (Lipinski definition) is 3. The van der Waals surface area contributed by atoms with Gasteiger partial charge in [0, 0.05) is 12.2 Å². The number of fused-ring (bicyclic) bond motifs is 1. The lowest BCUT2D eigenvalue weighted by Crippen LogP contribution is -2.05. The smallest absolute Gasteiger partial charge is 0.156 e. The highest BCUT2D eigenvalue weighted by Gasteiger charge is 2.25. The topological polar surface area (TPSA) is 50.9 Å². The minimum absolute atomic E-state index is 0.181. The van der Waals surface area contributed by atoms with Crippen LogP contribution in [-0.2, 0) is 0 Å². The fraction of sp³-hybridized carbons (Fsp3) is 0.455. The highest BCUT2D eigenvalue weighted by atomic mass is 35.5. The summed E-state index contributed by atoms with van der Waals surface area (Å²) in [6.45, 7) is 0. The number of aliphatic hydroxyl groups is 1. The summed E-state index contributed by atoms with van der Waals surface area (Å²) in [7, 11) is 0. The van der Waals surface area contributed by atoms with E-state index in [4.69, 9.17) is 11.6 Å². The molecule has 16 heavy (non-hydrogen) atoms. The van der Waals surface area contributed by atoms with E-state index in [0.717, 1.165) is 30.3 Å². The standard InChI is InChI=1S/C11H12ClN3O/c12-11-10-9(3-4-13-11)15(6-14-10)7-1-2-8(16)5-7/h3-4,6-8,16H,1-2,5H2. The van der Waals surface area contributed by atoms with E-state index in [0.29, 0.717) is 11.2 Å². The average Bonchev–Trinajstić information content (AvgIpc) is 2.84. The Labute approximate surface area is 97.9 Å². The molecule has 3 rings (SSSR count). The monoisotopic (exact) mass is 237 g/mol. The van der Waals surface area contributed by atoms with Crippen molar-refractivity contribution >= 4 is 22.6 Å². The van der Waals surface area contributed by atoms with Gasteiger partial charge in [0.1, 0.15) is 5.52 Å². The Morgan fingerprint density at radius 3 is 3.00 bits per heavy atom. The molecule has 0 radical (unpaired) electrons. The number of halogens is 1. The number of imidazole rings is 1. The molecule has 1 aliphatic rings. The molecule has 0 amide bonds. The predicted octanol–water partition coefficient (Wildman–Crippen LogP) is 2.17. The summed E-state index contributed by atoms with van der Waals surface area (Å²) in [5.41, 5.74) is 1.74. The Balaban J connectivity index is 2.08. The molecule has 0 aliphatic heterocycles. The molecule has 5 heteroatoms. The number of pyridine rings is 1. The van der Waals surface area contributed by atoms with Crippen molar-refractivity contribution in [2.24, 2.45) is 0 Å². The summed E-state index contributed by atoms with van der Waals surface area (Å²) in [4.78, 5) is 8.28. The van der Waals surface area contributed by atoms with Crippen LogP contribution in [0.2, 0.25) is 5.15 Å². The lowest BCUT2D eigenvalue weighted by molar-refractivity contribution is 0.178. The number of aromatic nitrogens is 3. The van der Waals surface area contributed by atoms with Crippen molar-refractivity contribution in [3.05, 3.63) is 23.7 Å². The zero-order valence-electron chi connectivity index (χ0n) is 8.67. The van der Waals surface area contributed by atoms with E-state index in [1.807, 2.05) is 6.07 Å². The third-order valence-corrected chi connectivity index (χ3v) is 3.49. The molecule has 0 bridgehead atoms. The van der Waals surface area contributed by atoms with Crippen LogP contribution in [0.15, 0.2) is 18.6 Å². The van der Waals surface area contributed by atoms with Gasteiger partial charge >= 0.3 is 0 Å². The van der Waals surface area contributed by atoms with E-state index in [2.05, 4.69) is 14.5 Å². The molecule has 2 atom stereocenters. The third-order valence-electron chi connectivity index (χ3n) is 3.22. The summed E-state index contributed by atoms with van der Waals surface area (Å²) in [5, 5.41) is 9.99. The van der Waals surface area contributed by atoms with Crippen LogP contribution in [0.25, 0.3) is 11.0 Å². The molecule has 2 aromatic rings. The molecular formula is C11H12ClN3O. The summed E-state index contributed by atoms with van der Waals surface area (Å²) in [6.07, 6.45) is 5.95. The Bertz CT molecular complexity index is 525. The third kappa shape index (κ3) is 1.49. The SMILES string of the molecule is OC1CCC(n2cnc3c(Cl)nccc32)C1. The van der Waals surface area contributed by atoms with Gasteiger partial charge in [-0.3, -0.25) is 0 Å². The van der Waals surface area contributed by atoms with Gasteiger partial charge in [0.05, 0.1) is 17.9 Å². The van der Waals surface area contributed by atoms with Gasteiger partial charge in [-0.2, -0.15) is 0 Å². The van der Waals surface area contributed by atoms with E-state index in [9.17, 15) is 5.11 Å². The summed E-state index contributed by atoms with van der Waals surface area (Å²) in [5.74, 6) is 0. The van der Waals surface area contributed by atoms with Crippen LogP contribution >= 0.6 is 11.6 Å². The number of rotatable bonds is 1. The van der Waals surface area contributed by atoms with E-state index in [1.165, 1.54) is 0 Å². The van der Waals surface area contributed by atoms with Crippen molar-refractivity contribution in [3.8, 4) is 0 Å². The molecule has 2 aromatic heterocycles. The molecular weight excluding hydrogens is 226 g/mol. The van der Waals surface area contributed by atoms with Crippen LogP contribution in [-0.4, -0.2) is 25.7 Å². The highest BCUT2D eigenvalue weighted by molar-refractivity contribution is 6.33. The van der Waals surface area contributed by atoms with Gasteiger partial charge in [-0.25, -0.2) is 9.97 Å². The van der Waals surface area contributed by atoms with E-state index in [-0.39, 0.29) is 6.10 Å². The van der Waals surface area contributed by atoms with Gasteiger partial charge in [0.2, 0.25) is 0 Å². The van der Waals surface area contributed by atoms with Crippen LogP contribution in [0.5, 0.6) is 0 Å². The van der Waals surface area contributed by atoms with Gasteiger partial charge in [-0.15, -0.1) is 0 Å². The van der Waals surface area contributed by atoms with Crippen LogP contribution < -0.4 is 0 Å². The minimum atomic E-state index is -0.181. The van der Waals surface area contributed by atoms with Crippen molar-refractivity contribution in [2.75, 3.05) is 0 Å². The maximum absolute atomic E-state index is 9.55. The molecule has 4 nitrogen and oxygen atoms in total. The molecule has 1 aliphatic carbocycles. The molecule has 1 saturated carbocycles. The Morgan fingerprint density at radius 2 is 2.25 bits per heavy atom. The first kappa shape index (κ1) is 10.1. The van der Waals surface area contributed by atoms with Crippen LogP contribution in [0, 0.1) is 0 Å². The zero-order valence-corrected chi connectivity index (χ0v) is 9.43. The molecule has 0 saturated heterocycles. The largest absolute Gasteiger partial charge is 0.393 e. The van der Waals surface area contributed by atoms with Crippen molar-refractivity contribution < 1.29 is 5.11 Å². The van der Waals surface area contributed by atoms with E-state index >= 15 is 0 Å². The maximum Gasteiger partial charge on any atom is 0.156 e. The average molecular weight is 238 g/mol. The number of hydrogen-bond donors (Lipinski definition) is 1. The molecule has 84 valence electrons. The fourth-order valence-corrected chi connectivity index (χ4v) is 2.61. The summed E-state index contributed by atoms with van der Waals surface area (Å²) in [6, 6.07) is 2.25. The number of nitrogens with zero attached hydrogens (tertiary/aromatic N) is 3. The molecule has 0 spiro atoms. The quantitative estimate of drug-likeness (QED) is 0.774. The Hall–Kier alpha value is -1.13. The fourth-order valence-electron chi connectivity index (χ4n) is 2.41. The maximum atomic E-state index is 9.55. The summed E-state index contributed by atoms with van der Waals surface area (Å²) < 4.78 is 2.10. The molecule has 2 unspecified atom stereocenters. The first-order valence-corrected chi connectivity index (χ1v) is 5.78. The van der Waals surface area contributed by atoms with Crippen LogP contribution in [0.1, 0.15) is 25.3 Å². The van der Waals surface area contributed by atoms with Crippen molar-refractivity contribution in [2.45, 2.75) is 31.4 Å². The molecule has 0 aromatic carbocycles. The lowest BCUT2D eigenvalue weighted by atomic mass is 10.2. The van der Waals surface area contributed by atoms with Gasteiger partial charge in [0.25, 0.3) is 0 Å². The predicted molar refractivity (Wildman–Crippen MR) is 61.4 cm³/mol. The number of aliphatic hydroxyl groups excluding tert-OH is 1. The Morgan fingerprint density at radius 1 is 1.38 bits per heavy atom. The second-order valence-corrected chi connectivity index (χ2v) is 4.60. The second kappa shape index (κ2) is 3.71. The van der Waals surface area contributed by atoms with E-state index in [1.54, 1.807) is 12.5 Å². The van der Waals surface area contributed by atoms with Crippen molar-refractivity contribution in [3.63, 3.8) is 0 Å². The zero-order chi connectivity index (χ0) is 11.1. The second-order valence-electron chi connectivity index (χ2n) is 4.24. The van der Waals surface area contributed by atoms with Gasteiger partial charge in [-0.1, -0.05) is 11.6 Å². The van der Waals surface area contributed by atoms with E-state index < -0.39 is 0 Å². The van der Waals surface area contributed by atoms with Crippen molar-refractivity contribution in [1.82, 2.24) is 14.5 Å². The first-order chi connectivity index (χ1) is 7.75. The van der Waals surface area contributed by atoms with Crippen LogP contribution in [0.3, 0.4) is 0 Å². The summed E-state index contributed by atoms with van der Waals surface area (Å²) >= 11 is 5.97. The molecule has 1 fully saturated rings. The normalized spacial score (nSPS) is 25.4. The molecule has 2 heterocycles. The Kier molecular flexibility index (Phi) is 2.33.